The number of aliphatic hydroxyl groups is 1. The van der Waals surface area contributed by atoms with Gasteiger partial charge in [-0.1, -0.05) is 51.1 Å². The first-order chi connectivity index (χ1) is 16.5. The molecule has 2 aromatic carbocycles. The molecule has 2 atom stereocenters. The summed E-state index contributed by atoms with van der Waals surface area (Å²) >= 11 is 0. The Labute approximate surface area is 202 Å². The first kappa shape index (κ1) is 26.4. The smallest absolute Gasteiger partial charge is 0.249 e. The van der Waals surface area contributed by atoms with Gasteiger partial charge in [0.15, 0.2) is 11.6 Å². The van der Waals surface area contributed by atoms with Crippen LogP contribution in [0.4, 0.5) is 13.2 Å². The van der Waals surface area contributed by atoms with Crippen LogP contribution in [0.25, 0.3) is 11.4 Å². The van der Waals surface area contributed by atoms with Crippen LogP contribution in [0.5, 0.6) is 0 Å². The minimum absolute atomic E-state index is 0.0748. The van der Waals surface area contributed by atoms with E-state index in [4.69, 9.17) is 5.73 Å². The molecule has 1 amide bonds. The highest BCUT2D eigenvalue weighted by Crippen LogP contribution is 2.39. The highest BCUT2D eigenvalue weighted by Gasteiger charge is 2.39. The third-order valence-electron chi connectivity index (χ3n) is 5.53. The van der Waals surface area contributed by atoms with Gasteiger partial charge in [-0.25, -0.2) is 22.8 Å². The Hall–Kier alpha value is -3.24. The van der Waals surface area contributed by atoms with Gasteiger partial charge in [-0.15, -0.1) is 0 Å². The predicted molar refractivity (Wildman–Crippen MR) is 126 cm³/mol. The van der Waals surface area contributed by atoms with Crippen molar-refractivity contribution in [3.05, 3.63) is 71.6 Å². The molecule has 3 aromatic rings. The number of amides is 1. The summed E-state index contributed by atoms with van der Waals surface area (Å²) < 4.78 is 44.5. The second-order valence-corrected chi connectivity index (χ2v) is 9.37. The molecule has 0 aliphatic rings. The molecule has 0 radical (unpaired) electrons. The fraction of sp³-hybridized carbons (Fsp3) is 0.400. The normalized spacial score (nSPS) is 13.5. The van der Waals surface area contributed by atoms with E-state index in [2.05, 4.69) is 10.1 Å². The van der Waals surface area contributed by atoms with E-state index in [9.17, 15) is 23.1 Å². The van der Waals surface area contributed by atoms with Gasteiger partial charge in [0.1, 0.15) is 24.4 Å². The lowest BCUT2D eigenvalue weighted by Crippen LogP contribution is -2.47. The summed E-state index contributed by atoms with van der Waals surface area (Å²) in [4.78, 5) is 18.5. The maximum absolute atomic E-state index is 14.6. The molecule has 0 bridgehead atoms. The molecule has 10 heteroatoms. The summed E-state index contributed by atoms with van der Waals surface area (Å²) in [6.07, 6.45) is -1.54. The van der Waals surface area contributed by atoms with Crippen molar-refractivity contribution in [1.82, 2.24) is 19.7 Å². The summed E-state index contributed by atoms with van der Waals surface area (Å²) in [6, 6.07) is 11.4. The summed E-state index contributed by atoms with van der Waals surface area (Å²) in [5, 5.41) is 14.1. The molecule has 0 saturated carbocycles. The topological polar surface area (TPSA) is 97.3 Å². The molecule has 7 nitrogen and oxygen atoms in total. The molecular weight excluding hydrogens is 459 g/mol. The summed E-state index contributed by atoms with van der Waals surface area (Å²) in [6.45, 7) is 4.16. The third-order valence-corrected chi connectivity index (χ3v) is 5.53. The van der Waals surface area contributed by atoms with Crippen molar-refractivity contribution in [2.75, 3.05) is 19.7 Å². The van der Waals surface area contributed by atoms with Crippen LogP contribution in [0, 0.1) is 17.0 Å². The number of hydrogen-bond acceptors (Lipinski definition) is 5. The number of carbonyl (C=O) groups is 1. The number of hydrogen-bond donors (Lipinski definition) is 2. The van der Waals surface area contributed by atoms with E-state index in [1.165, 1.54) is 9.58 Å². The van der Waals surface area contributed by atoms with Crippen LogP contribution in [-0.4, -0.2) is 56.5 Å². The van der Waals surface area contributed by atoms with Gasteiger partial charge < -0.3 is 15.7 Å². The van der Waals surface area contributed by atoms with Crippen molar-refractivity contribution in [3.63, 3.8) is 0 Å². The molecule has 0 aliphatic carbocycles. The van der Waals surface area contributed by atoms with Crippen molar-refractivity contribution >= 4 is 5.91 Å². The zero-order valence-electron chi connectivity index (χ0n) is 20.0. The molecule has 188 valence electrons. The maximum Gasteiger partial charge on any atom is 0.249 e. The predicted octanol–water partition coefficient (Wildman–Crippen LogP) is 3.48. The Morgan fingerprint density at radius 2 is 1.86 bits per heavy atom. The van der Waals surface area contributed by atoms with Gasteiger partial charge in [-0.3, -0.25) is 4.79 Å². The molecule has 3 N–H and O–H groups in total. The number of halogens is 3. The number of nitrogens with two attached hydrogens (primary N) is 1. The van der Waals surface area contributed by atoms with Gasteiger partial charge in [0.05, 0.1) is 24.7 Å². The quantitative estimate of drug-likeness (QED) is 0.480. The molecule has 3 rings (SSSR count). The molecule has 1 aromatic heterocycles. The van der Waals surface area contributed by atoms with Crippen LogP contribution in [0.2, 0.25) is 0 Å². The highest BCUT2D eigenvalue weighted by molar-refractivity contribution is 5.77. The fourth-order valence-corrected chi connectivity index (χ4v) is 3.94. The van der Waals surface area contributed by atoms with Crippen LogP contribution in [0.1, 0.15) is 38.2 Å². The minimum Gasteiger partial charge on any atom is -0.387 e. The highest BCUT2D eigenvalue weighted by atomic mass is 19.1. The Morgan fingerprint density at radius 3 is 2.46 bits per heavy atom. The number of nitrogens with zero attached hydrogens (tertiary/aromatic N) is 4. The van der Waals surface area contributed by atoms with Crippen LogP contribution in [0.3, 0.4) is 0 Å². The van der Waals surface area contributed by atoms with E-state index in [0.29, 0.717) is 0 Å². The lowest BCUT2D eigenvalue weighted by molar-refractivity contribution is -0.140. The molecule has 0 fully saturated rings. The Kier molecular flexibility index (Phi) is 8.29. The average Bonchev–Trinajstić information content (AvgIpc) is 3.21. The molecule has 1 heterocycles. The second-order valence-electron chi connectivity index (χ2n) is 9.37. The van der Waals surface area contributed by atoms with Crippen LogP contribution in [0.15, 0.2) is 48.5 Å². The number of alkyl halides is 1. The third kappa shape index (κ3) is 6.26. The first-order valence-electron chi connectivity index (χ1n) is 11.2. The maximum atomic E-state index is 14.6. The van der Waals surface area contributed by atoms with E-state index in [-0.39, 0.29) is 36.8 Å². The molecule has 35 heavy (non-hydrogen) atoms. The van der Waals surface area contributed by atoms with Crippen LogP contribution >= 0.6 is 0 Å². The Bertz CT molecular complexity index is 1150. The average molecular weight is 490 g/mol. The van der Waals surface area contributed by atoms with Gasteiger partial charge in [0.2, 0.25) is 5.91 Å². The minimum atomic E-state index is -1.54. The zero-order chi connectivity index (χ0) is 25.8. The van der Waals surface area contributed by atoms with Crippen molar-refractivity contribution < 1.29 is 23.1 Å². The van der Waals surface area contributed by atoms with Crippen molar-refractivity contribution in [3.8, 4) is 11.4 Å². The van der Waals surface area contributed by atoms with Crippen molar-refractivity contribution in [2.45, 2.75) is 39.5 Å². The second kappa shape index (κ2) is 11.0. The van der Waals surface area contributed by atoms with Gasteiger partial charge in [0.25, 0.3) is 0 Å². The van der Waals surface area contributed by atoms with Gasteiger partial charge >= 0.3 is 0 Å². The fourth-order valence-electron chi connectivity index (χ4n) is 3.94. The van der Waals surface area contributed by atoms with E-state index in [1.807, 2.05) is 51.1 Å². The van der Waals surface area contributed by atoms with E-state index in [0.717, 1.165) is 23.8 Å². The van der Waals surface area contributed by atoms with Crippen molar-refractivity contribution in [1.29, 1.82) is 0 Å². The Balaban J connectivity index is 2.22. The number of rotatable bonds is 9. The molecule has 0 aliphatic heterocycles. The lowest BCUT2D eigenvalue weighted by atomic mass is 9.84. The standard InChI is InChI=1S/C25H30F3N5O2/c1-25(2,3)22(32(21(35)15-34)14-18(27)12-29)24-30-23(19-11-17(26)9-10-20(19)28)31-33(24)13-16-7-5-4-6-8-16/h4-11,18,22,34H,12-15,29H2,1-3H3/t18-,22+/m1/s1. The van der Waals surface area contributed by atoms with Crippen molar-refractivity contribution in [2.24, 2.45) is 11.1 Å². The van der Waals surface area contributed by atoms with E-state index < -0.39 is 41.8 Å². The lowest BCUT2D eigenvalue weighted by Gasteiger charge is -2.39. The first-order valence-corrected chi connectivity index (χ1v) is 11.2. The number of benzene rings is 2. The van der Waals surface area contributed by atoms with Gasteiger partial charge in [-0.2, -0.15) is 5.10 Å². The molecular formula is C25H30F3N5O2. The van der Waals surface area contributed by atoms with Gasteiger partial charge in [-0.05, 0) is 29.2 Å². The number of aromatic nitrogens is 3. The summed E-state index contributed by atoms with van der Waals surface area (Å²) in [5.41, 5.74) is 5.46. The van der Waals surface area contributed by atoms with Crippen LogP contribution in [-0.2, 0) is 11.3 Å². The number of aliphatic hydroxyl groups excluding tert-OH is 1. The summed E-state index contributed by atoms with van der Waals surface area (Å²) in [5.74, 6) is -1.92. The molecule has 0 unspecified atom stereocenters. The SMILES string of the molecule is CC(C)(C)[C@H](c1nc(-c2cc(F)ccc2F)nn1Cc1ccccc1)N(C[C@H](F)CN)C(=O)CO. The van der Waals surface area contributed by atoms with Gasteiger partial charge in [0, 0.05) is 6.54 Å². The summed E-state index contributed by atoms with van der Waals surface area (Å²) in [7, 11) is 0. The molecule has 0 spiro atoms. The Morgan fingerprint density at radius 1 is 1.17 bits per heavy atom. The largest absolute Gasteiger partial charge is 0.387 e. The molecule has 0 saturated heterocycles. The monoisotopic (exact) mass is 489 g/mol. The zero-order valence-corrected chi connectivity index (χ0v) is 20.0. The van der Waals surface area contributed by atoms with Crippen LogP contribution < -0.4 is 5.73 Å². The van der Waals surface area contributed by atoms with E-state index in [1.54, 1.807) is 0 Å². The van der Waals surface area contributed by atoms with E-state index >= 15 is 0 Å². The number of carbonyl (C=O) groups excluding carboxylic acids is 1.